The van der Waals surface area contributed by atoms with Crippen LogP contribution in [0.25, 0.3) is 0 Å². The van der Waals surface area contributed by atoms with Gasteiger partial charge in [-0.1, -0.05) is 27.4 Å². The normalized spacial score (nSPS) is 13.9. The molecule has 0 aliphatic carbocycles. The molecule has 54 valence electrons. The van der Waals surface area contributed by atoms with E-state index in [-0.39, 0.29) is 6.10 Å². The zero-order valence-corrected chi connectivity index (χ0v) is 6.52. The molecule has 0 radical (unpaired) electrons. The summed E-state index contributed by atoms with van der Waals surface area (Å²) in [7, 11) is 0. The predicted molar refractivity (Wildman–Crippen MR) is 40.3 cm³/mol. The smallest absolute Gasteiger partial charge is 0.0747 e. The third-order valence-corrected chi connectivity index (χ3v) is 1.56. The molecule has 0 heterocycles. The Bertz CT molecular complexity index is 94.7. The molecule has 1 heteroatoms. The summed E-state index contributed by atoms with van der Waals surface area (Å²) in [5.41, 5.74) is 0.942. The fourth-order valence-electron chi connectivity index (χ4n) is 0.647. The number of rotatable bonds is 3. The van der Waals surface area contributed by atoms with Gasteiger partial charge in [-0.3, -0.25) is 0 Å². The molecule has 0 amide bonds. The van der Waals surface area contributed by atoms with Crippen molar-refractivity contribution in [1.82, 2.24) is 0 Å². The molecule has 0 saturated heterocycles. The summed E-state index contributed by atoms with van der Waals surface area (Å²) in [4.78, 5) is 0. The van der Waals surface area contributed by atoms with Crippen LogP contribution in [0.5, 0.6) is 0 Å². The van der Waals surface area contributed by atoms with Gasteiger partial charge >= 0.3 is 0 Å². The molecule has 0 aromatic carbocycles. The molecule has 0 fully saturated rings. The molecule has 0 aliphatic rings. The van der Waals surface area contributed by atoms with Gasteiger partial charge in [0.1, 0.15) is 0 Å². The van der Waals surface area contributed by atoms with Crippen molar-refractivity contribution in [1.29, 1.82) is 0 Å². The van der Waals surface area contributed by atoms with Crippen molar-refractivity contribution >= 4 is 0 Å². The van der Waals surface area contributed by atoms with Crippen LogP contribution >= 0.6 is 0 Å². The van der Waals surface area contributed by atoms with Crippen LogP contribution in [-0.4, -0.2) is 11.2 Å². The van der Waals surface area contributed by atoms with Crippen LogP contribution in [-0.2, 0) is 0 Å². The van der Waals surface area contributed by atoms with Crippen molar-refractivity contribution in [2.75, 3.05) is 0 Å². The van der Waals surface area contributed by atoms with Crippen LogP contribution in [0, 0.1) is 5.92 Å². The average Bonchev–Trinajstić information content (AvgIpc) is 1.84. The fraction of sp³-hybridized carbons (Fsp3) is 0.750. The molecule has 1 nitrogen and oxygen atoms in total. The SMILES string of the molecule is C=C(C(C)C)[C@@H](O)CC. The molecule has 0 aliphatic heterocycles. The van der Waals surface area contributed by atoms with Crippen LogP contribution in [0.15, 0.2) is 12.2 Å². The Morgan fingerprint density at radius 3 is 2.11 bits per heavy atom. The van der Waals surface area contributed by atoms with E-state index >= 15 is 0 Å². The van der Waals surface area contributed by atoms with E-state index in [2.05, 4.69) is 6.58 Å². The summed E-state index contributed by atoms with van der Waals surface area (Å²) in [5, 5.41) is 9.20. The number of aliphatic hydroxyl groups is 1. The number of hydrogen-bond acceptors (Lipinski definition) is 1. The molecular formula is C8H16O. The van der Waals surface area contributed by atoms with Gasteiger partial charge in [-0.15, -0.1) is 0 Å². The Labute approximate surface area is 57.4 Å². The minimum atomic E-state index is -0.301. The van der Waals surface area contributed by atoms with E-state index < -0.39 is 0 Å². The van der Waals surface area contributed by atoms with Crippen LogP contribution in [0.3, 0.4) is 0 Å². The lowest BCUT2D eigenvalue weighted by Crippen LogP contribution is -2.11. The molecule has 1 atom stereocenters. The second kappa shape index (κ2) is 3.67. The molecule has 1 N–H and O–H groups in total. The number of aliphatic hydroxyl groups excluding tert-OH is 1. The standard InChI is InChI=1S/C8H16O/c1-5-8(9)7(4)6(2)3/h6,8-9H,4-5H2,1-3H3/t8-/m0/s1. The van der Waals surface area contributed by atoms with Crippen molar-refractivity contribution in [2.45, 2.75) is 33.3 Å². The van der Waals surface area contributed by atoms with Crippen molar-refractivity contribution in [3.8, 4) is 0 Å². The second-order valence-corrected chi connectivity index (χ2v) is 2.65. The molecule has 0 bridgehead atoms. The lowest BCUT2D eigenvalue weighted by molar-refractivity contribution is 0.196. The molecule has 0 saturated carbocycles. The van der Waals surface area contributed by atoms with Crippen molar-refractivity contribution in [3.63, 3.8) is 0 Å². The molecular weight excluding hydrogens is 112 g/mol. The lowest BCUT2D eigenvalue weighted by Gasteiger charge is -2.14. The highest BCUT2D eigenvalue weighted by atomic mass is 16.3. The van der Waals surface area contributed by atoms with Crippen molar-refractivity contribution in [2.24, 2.45) is 5.92 Å². The minimum Gasteiger partial charge on any atom is -0.389 e. The first-order valence-corrected chi connectivity index (χ1v) is 3.46. The summed E-state index contributed by atoms with van der Waals surface area (Å²) in [6.07, 6.45) is 0.474. The van der Waals surface area contributed by atoms with E-state index in [1.54, 1.807) is 0 Å². The molecule has 9 heavy (non-hydrogen) atoms. The summed E-state index contributed by atoms with van der Waals surface area (Å²) < 4.78 is 0. The number of hydrogen-bond donors (Lipinski definition) is 1. The van der Waals surface area contributed by atoms with Gasteiger partial charge in [0.25, 0.3) is 0 Å². The molecule has 0 rings (SSSR count). The quantitative estimate of drug-likeness (QED) is 0.576. The first-order chi connectivity index (χ1) is 4.09. The van der Waals surface area contributed by atoms with Gasteiger partial charge in [-0.2, -0.15) is 0 Å². The van der Waals surface area contributed by atoms with Gasteiger partial charge in [-0.05, 0) is 17.9 Å². The molecule has 0 aromatic rings. The highest BCUT2D eigenvalue weighted by Crippen LogP contribution is 2.13. The maximum absolute atomic E-state index is 9.20. The van der Waals surface area contributed by atoms with Gasteiger partial charge in [-0.25, -0.2) is 0 Å². The molecule has 0 aromatic heterocycles. The van der Waals surface area contributed by atoms with Crippen molar-refractivity contribution < 1.29 is 5.11 Å². The van der Waals surface area contributed by atoms with E-state index in [1.165, 1.54) is 0 Å². The summed E-state index contributed by atoms with van der Waals surface area (Å²) >= 11 is 0. The largest absolute Gasteiger partial charge is 0.389 e. The highest BCUT2D eigenvalue weighted by Gasteiger charge is 2.08. The third kappa shape index (κ3) is 2.66. The van der Waals surface area contributed by atoms with Crippen LogP contribution in [0.1, 0.15) is 27.2 Å². The Hall–Kier alpha value is -0.300. The minimum absolute atomic E-state index is 0.301. The van der Waals surface area contributed by atoms with E-state index in [1.807, 2.05) is 20.8 Å². The van der Waals surface area contributed by atoms with Crippen molar-refractivity contribution in [3.05, 3.63) is 12.2 Å². The Morgan fingerprint density at radius 2 is 2.00 bits per heavy atom. The monoisotopic (exact) mass is 128 g/mol. The van der Waals surface area contributed by atoms with E-state index in [4.69, 9.17) is 0 Å². The van der Waals surface area contributed by atoms with E-state index in [9.17, 15) is 5.11 Å². The van der Waals surface area contributed by atoms with Crippen LogP contribution in [0.2, 0.25) is 0 Å². The Balaban J connectivity index is 3.73. The summed E-state index contributed by atoms with van der Waals surface area (Å²) in [6, 6.07) is 0. The first-order valence-electron chi connectivity index (χ1n) is 3.46. The lowest BCUT2D eigenvalue weighted by atomic mass is 9.98. The molecule has 0 spiro atoms. The van der Waals surface area contributed by atoms with Gasteiger partial charge in [0, 0.05) is 0 Å². The van der Waals surface area contributed by atoms with Gasteiger partial charge in [0.05, 0.1) is 6.10 Å². The van der Waals surface area contributed by atoms with Gasteiger partial charge < -0.3 is 5.11 Å². The maximum atomic E-state index is 9.20. The summed E-state index contributed by atoms with van der Waals surface area (Å²) in [6.45, 7) is 9.82. The zero-order chi connectivity index (χ0) is 7.44. The predicted octanol–water partition coefficient (Wildman–Crippen LogP) is 1.97. The van der Waals surface area contributed by atoms with Crippen LogP contribution in [0.4, 0.5) is 0 Å². The van der Waals surface area contributed by atoms with E-state index in [0.717, 1.165) is 12.0 Å². The Morgan fingerprint density at radius 1 is 1.56 bits per heavy atom. The van der Waals surface area contributed by atoms with E-state index in [0.29, 0.717) is 5.92 Å². The van der Waals surface area contributed by atoms with Gasteiger partial charge in [0.2, 0.25) is 0 Å². The van der Waals surface area contributed by atoms with Gasteiger partial charge in [0.15, 0.2) is 0 Å². The topological polar surface area (TPSA) is 20.2 Å². The fourth-order valence-corrected chi connectivity index (χ4v) is 0.647. The second-order valence-electron chi connectivity index (χ2n) is 2.65. The Kier molecular flexibility index (Phi) is 3.55. The third-order valence-electron chi connectivity index (χ3n) is 1.56. The summed E-state index contributed by atoms with van der Waals surface area (Å²) in [5.74, 6) is 0.403. The maximum Gasteiger partial charge on any atom is 0.0747 e. The molecule has 0 unspecified atom stereocenters. The highest BCUT2D eigenvalue weighted by molar-refractivity contribution is 5.03. The van der Waals surface area contributed by atoms with Crippen LogP contribution < -0.4 is 0 Å². The average molecular weight is 128 g/mol. The first kappa shape index (κ1) is 8.70. The zero-order valence-electron chi connectivity index (χ0n) is 6.52.